The summed E-state index contributed by atoms with van der Waals surface area (Å²) < 4.78 is 0. The molecule has 0 radical (unpaired) electrons. The van der Waals surface area contributed by atoms with Crippen molar-refractivity contribution in [3.63, 3.8) is 0 Å². The van der Waals surface area contributed by atoms with Crippen LogP contribution in [-0.2, 0) is 24.1 Å². The number of anilines is 1. The van der Waals surface area contributed by atoms with E-state index >= 15 is 0 Å². The number of hydrogen-bond donors (Lipinski definition) is 1. The van der Waals surface area contributed by atoms with Crippen molar-refractivity contribution in [2.75, 3.05) is 5.32 Å². The minimum Gasteiger partial charge on any atom is -0.316 e. The van der Waals surface area contributed by atoms with E-state index in [9.17, 15) is 10.1 Å². The molecule has 1 heterocycles. The van der Waals surface area contributed by atoms with Gasteiger partial charge in [0.1, 0.15) is 11.1 Å². The summed E-state index contributed by atoms with van der Waals surface area (Å²) in [5.74, 6) is 0.652. The molecule has 0 spiro atoms. The van der Waals surface area contributed by atoms with Gasteiger partial charge < -0.3 is 5.32 Å². The SMILES string of the molecule is CC[C@H]1CCc2c(sc(NC(=O)Cc3ccccc3)c2C#N)C1. The molecule has 3 nitrogen and oxygen atoms in total. The molecule has 1 aliphatic rings. The van der Waals surface area contributed by atoms with Crippen molar-refractivity contribution in [1.82, 2.24) is 0 Å². The number of rotatable bonds is 4. The quantitative estimate of drug-likeness (QED) is 0.911. The molecule has 0 aliphatic heterocycles. The molecule has 0 saturated heterocycles. The Hall–Kier alpha value is -2.12. The maximum atomic E-state index is 12.3. The number of thiophene rings is 1. The molecule has 3 rings (SSSR count). The van der Waals surface area contributed by atoms with Gasteiger partial charge in [0.2, 0.25) is 5.91 Å². The third-order valence-corrected chi connectivity index (χ3v) is 5.69. The van der Waals surface area contributed by atoms with Crippen LogP contribution < -0.4 is 5.32 Å². The number of hydrogen-bond acceptors (Lipinski definition) is 3. The molecule has 0 fully saturated rings. The standard InChI is InChI=1S/C19H20N2OS/c1-2-13-8-9-15-16(12-20)19(23-17(15)10-13)21-18(22)11-14-6-4-3-5-7-14/h3-7,13H,2,8-11H2,1H3,(H,21,22)/t13-/m0/s1. The van der Waals surface area contributed by atoms with E-state index in [1.165, 1.54) is 11.3 Å². The van der Waals surface area contributed by atoms with Crippen molar-refractivity contribution in [3.8, 4) is 6.07 Å². The first kappa shape index (κ1) is 15.8. The Morgan fingerprint density at radius 1 is 1.39 bits per heavy atom. The van der Waals surface area contributed by atoms with Gasteiger partial charge in [-0.3, -0.25) is 4.79 Å². The number of benzene rings is 1. The molecule has 0 unspecified atom stereocenters. The summed E-state index contributed by atoms with van der Waals surface area (Å²) in [4.78, 5) is 13.6. The van der Waals surface area contributed by atoms with Crippen molar-refractivity contribution in [2.45, 2.75) is 39.0 Å². The Balaban J connectivity index is 1.77. The highest BCUT2D eigenvalue weighted by molar-refractivity contribution is 7.16. The number of fused-ring (bicyclic) bond motifs is 1. The minimum absolute atomic E-state index is 0.0571. The van der Waals surface area contributed by atoms with Gasteiger partial charge in [-0.2, -0.15) is 5.26 Å². The Morgan fingerprint density at radius 3 is 2.87 bits per heavy atom. The number of carbonyl (C=O) groups excluding carboxylic acids is 1. The van der Waals surface area contributed by atoms with E-state index in [4.69, 9.17) is 0 Å². The van der Waals surface area contributed by atoms with Gasteiger partial charge in [-0.05, 0) is 36.3 Å². The fourth-order valence-electron chi connectivity index (χ4n) is 3.16. The maximum absolute atomic E-state index is 12.3. The lowest BCUT2D eigenvalue weighted by molar-refractivity contribution is -0.115. The topological polar surface area (TPSA) is 52.9 Å². The summed E-state index contributed by atoms with van der Waals surface area (Å²) >= 11 is 1.59. The van der Waals surface area contributed by atoms with Crippen LogP contribution >= 0.6 is 11.3 Å². The third kappa shape index (κ3) is 3.46. The van der Waals surface area contributed by atoms with Crippen molar-refractivity contribution in [1.29, 1.82) is 5.26 Å². The summed E-state index contributed by atoms with van der Waals surface area (Å²) in [6.45, 7) is 2.22. The van der Waals surface area contributed by atoms with Crippen molar-refractivity contribution >= 4 is 22.2 Å². The average Bonchev–Trinajstić information content (AvgIpc) is 2.91. The van der Waals surface area contributed by atoms with Crippen molar-refractivity contribution < 1.29 is 4.79 Å². The highest BCUT2D eigenvalue weighted by atomic mass is 32.1. The summed E-state index contributed by atoms with van der Waals surface area (Å²) in [5, 5.41) is 13.2. The van der Waals surface area contributed by atoms with Crippen LogP contribution in [-0.4, -0.2) is 5.91 Å². The predicted molar refractivity (Wildman–Crippen MR) is 93.6 cm³/mol. The van der Waals surface area contributed by atoms with E-state index < -0.39 is 0 Å². The second kappa shape index (κ2) is 6.97. The first-order chi connectivity index (χ1) is 11.2. The maximum Gasteiger partial charge on any atom is 0.229 e. The van der Waals surface area contributed by atoms with Gasteiger partial charge in [-0.1, -0.05) is 43.7 Å². The molecule has 118 valence electrons. The first-order valence-corrected chi connectivity index (χ1v) is 8.91. The lowest BCUT2D eigenvalue weighted by atomic mass is 9.86. The van der Waals surface area contributed by atoms with E-state index in [0.717, 1.165) is 35.4 Å². The number of nitrogens with one attached hydrogen (secondary N) is 1. The van der Waals surface area contributed by atoms with E-state index in [2.05, 4.69) is 18.3 Å². The van der Waals surface area contributed by atoms with Gasteiger partial charge in [0.05, 0.1) is 12.0 Å². The van der Waals surface area contributed by atoms with E-state index in [-0.39, 0.29) is 5.91 Å². The molecule has 0 bridgehead atoms. The first-order valence-electron chi connectivity index (χ1n) is 8.09. The highest BCUT2D eigenvalue weighted by Crippen LogP contribution is 2.40. The van der Waals surface area contributed by atoms with Crippen LogP contribution in [0.3, 0.4) is 0 Å². The van der Waals surface area contributed by atoms with Gasteiger partial charge in [0.25, 0.3) is 0 Å². The normalized spacial score (nSPS) is 16.4. The monoisotopic (exact) mass is 324 g/mol. The molecule has 1 N–H and O–H groups in total. The number of nitrogens with zero attached hydrogens (tertiary/aromatic N) is 1. The second-order valence-corrected chi connectivity index (χ2v) is 7.15. The third-order valence-electron chi connectivity index (χ3n) is 4.52. The molecule has 1 aromatic carbocycles. The Bertz CT molecular complexity index is 743. The second-order valence-electron chi connectivity index (χ2n) is 6.05. The average molecular weight is 324 g/mol. The summed E-state index contributed by atoms with van der Waals surface area (Å²) in [6.07, 6.45) is 4.66. The van der Waals surface area contributed by atoms with Crippen molar-refractivity contribution in [2.24, 2.45) is 5.92 Å². The lowest BCUT2D eigenvalue weighted by Gasteiger charge is -2.20. The predicted octanol–water partition coefficient (Wildman–Crippen LogP) is 4.32. The molecule has 1 amide bonds. The fraction of sp³-hybridized carbons (Fsp3) is 0.368. The van der Waals surface area contributed by atoms with Gasteiger partial charge in [-0.25, -0.2) is 0 Å². The smallest absolute Gasteiger partial charge is 0.229 e. The van der Waals surface area contributed by atoms with Gasteiger partial charge >= 0.3 is 0 Å². The molecule has 1 aliphatic carbocycles. The van der Waals surface area contributed by atoms with Crippen LogP contribution in [0.15, 0.2) is 30.3 Å². The molecule has 1 aromatic heterocycles. The zero-order valence-corrected chi connectivity index (χ0v) is 14.1. The summed E-state index contributed by atoms with van der Waals surface area (Å²) in [7, 11) is 0. The Labute approximate surface area is 141 Å². The molecule has 2 aromatic rings. The Kier molecular flexibility index (Phi) is 4.78. The summed E-state index contributed by atoms with van der Waals surface area (Å²) in [5.41, 5.74) is 2.83. The van der Waals surface area contributed by atoms with E-state index in [1.807, 2.05) is 30.3 Å². The Morgan fingerprint density at radius 2 is 2.17 bits per heavy atom. The molecule has 0 saturated carbocycles. The van der Waals surface area contributed by atoms with Crippen LogP contribution in [0, 0.1) is 17.2 Å². The molecular weight excluding hydrogens is 304 g/mol. The van der Waals surface area contributed by atoms with E-state index in [0.29, 0.717) is 17.9 Å². The number of nitriles is 1. The minimum atomic E-state index is -0.0571. The van der Waals surface area contributed by atoms with Gasteiger partial charge in [0, 0.05) is 4.88 Å². The lowest BCUT2D eigenvalue weighted by Crippen LogP contribution is -2.14. The molecule has 4 heteroatoms. The summed E-state index contributed by atoms with van der Waals surface area (Å²) in [6, 6.07) is 12.0. The van der Waals surface area contributed by atoms with Crippen LogP contribution in [0.1, 0.15) is 41.3 Å². The van der Waals surface area contributed by atoms with Crippen molar-refractivity contribution in [3.05, 3.63) is 51.9 Å². The fourth-order valence-corrected chi connectivity index (χ4v) is 4.49. The number of carbonyl (C=O) groups is 1. The van der Waals surface area contributed by atoms with Gasteiger partial charge in [0.15, 0.2) is 0 Å². The molecular formula is C19H20N2OS. The zero-order chi connectivity index (χ0) is 16.2. The van der Waals surface area contributed by atoms with Crippen LogP contribution in [0.4, 0.5) is 5.00 Å². The van der Waals surface area contributed by atoms with E-state index in [1.54, 1.807) is 11.3 Å². The van der Waals surface area contributed by atoms with Crippen LogP contribution in [0.25, 0.3) is 0 Å². The zero-order valence-electron chi connectivity index (χ0n) is 13.3. The van der Waals surface area contributed by atoms with Crippen LogP contribution in [0.2, 0.25) is 0 Å². The highest BCUT2D eigenvalue weighted by Gasteiger charge is 2.25. The molecule has 1 atom stereocenters. The van der Waals surface area contributed by atoms with Crippen LogP contribution in [0.5, 0.6) is 0 Å². The number of amides is 1. The largest absolute Gasteiger partial charge is 0.316 e. The molecule has 23 heavy (non-hydrogen) atoms. The van der Waals surface area contributed by atoms with Gasteiger partial charge in [-0.15, -0.1) is 11.3 Å².